The Bertz CT molecular complexity index is 610. The molecule has 0 aromatic carbocycles. The predicted octanol–water partition coefficient (Wildman–Crippen LogP) is 3.88. The molecule has 0 aliphatic rings. The first-order valence-electron chi connectivity index (χ1n) is 5.87. The third-order valence-corrected chi connectivity index (χ3v) is 3.66. The summed E-state index contributed by atoms with van der Waals surface area (Å²) >= 11 is 7.26. The molecule has 0 saturated heterocycles. The third kappa shape index (κ3) is 3.30. The monoisotopic (exact) mass is 295 g/mol. The van der Waals surface area contributed by atoms with E-state index in [0.29, 0.717) is 16.0 Å². The van der Waals surface area contributed by atoms with Crippen molar-refractivity contribution in [3.63, 3.8) is 0 Å². The normalized spacial score (nSPS) is 10.8. The number of aryl methyl sites for hydroxylation is 1. The van der Waals surface area contributed by atoms with Gasteiger partial charge in [0.1, 0.15) is 10.8 Å². The Labute approximate surface area is 120 Å². The molecule has 2 aromatic rings. The van der Waals surface area contributed by atoms with Crippen LogP contribution in [0.15, 0.2) is 17.5 Å². The van der Waals surface area contributed by atoms with Crippen LogP contribution in [0.2, 0.25) is 5.15 Å². The fourth-order valence-electron chi connectivity index (χ4n) is 1.66. The summed E-state index contributed by atoms with van der Waals surface area (Å²) in [6.07, 6.45) is 0. The van der Waals surface area contributed by atoms with Gasteiger partial charge in [-0.25, -0.2) is 9.97 Å². The first kappa shape index (κ1) is 14.0. The number of anilines is 1. The first-order chi connectivity index (χ1) is 8.97. The first-order valence-corrected chi connectivity index (χ1v) is 7.13. The highest BCUT2D eigenvalue weighted by Gasteiger charge is 2.17. The third-order valence-electron chi connectivity index (χ3n) is 2.57. The van der Waals surface area contributed by atoms with Crippen LogP contribution in [0, 0.1) is 6.92 Å². The summed E-state index contributed by atoms with van der Waals surface area (Å²) in [5.41, 5.74) is 2.11. The molecule has 1 amide bonds. The van der Waals surface area contributed by atoms with Gasteiger partial charge in [-0.3, -0.25) is 10.1 Å². The molecule has 0 bridgehead atoms. The number of nitrogens with zero attached hydrogens (tertiary/aromatic N) is 2. The summed E-state index contributed by atoms with van der Waals surface area (Å²) in [7, 11) is 0. The van der Waals surface area contributed by atoms with Gasteiger partial charge in [0, 0.05) is 5.38 Å². The highest BCUT2D eigenvalue weighted by molar-refractivity contribution is 7.13. The molecule has 0 aliphatic carbocycles. The minimum absolute atomic E-state index is 0.198. The average molecular weight is 296 g/mol. The molecule has 19 heavy (non-hydrogen) atoms. The number of carbonyl (C=O) groups is 1. The van der Waals surface area contributed by atoms with Crippen LogP contribution < -0.4 is 5.32 Å². The zero-order chi connectivity index (χ0) is 14.0. The van der Waals surface area contributed by atoms with E-state index in [4.69, 9.17) is 11.6 Å². The van der Waals surface area contributed by atoms with Crippen LogP contribution in [-0.4, -0.2) is 15.9 Å². The SMILES string of the molecule is Cc1csc(NC(=O)c2nc(Cl)ccc2C(C)C)n1. The van der Waals surface area contributed by atoms with E-state index in [1.807, 2.05) is 32.2 Å². The average Bonchev–Trinajstić information content (AvgIpc) is 2.74. The van der Waals surface area contributed by atoms with Crippen molar-refractivity contribution in [3.8, 4) is 0 Å². The Hall–Kier alpha value is -1.46. The molecule has 2 rings (SSSR count). The van der Waals surface area contributed by atoms with Gasteiger partial charge in [-0.1, -0.05) is 31.5 Å². The summed E-state index contributed by atoms with van der Waals surface area (Å²) < 4.78 is 0. The van der Waals surface area contributed by atoms with Gasteiger partial charge in [-0.2, -0.15) is 0 Å². The van der Waals surface area contributed by atoms with Crippen LogP contribution in [0.25, 0.3) is 0 Å². The van der Waals surface area contributed by atoms with Crippen molar-refractivity contribution < 1.29 is 4.79 Å². The molecule has 0 fully saturated rings. The van der Waals surface area contributed by atoms with Gasteiger partial charge in [0.15, 0.2) is 5.13 Å². The van der Waals surface area contributed by atoms with E-state index in [2.05, 4.69) is 15.3 Å². The highest BCUT2D eigenvalue weighted by Crippen LogP contribution is 2.22. The Morgan fingerprint density at radius 2 is 2.11 bits per heavy atom. The predicted molar refractivity (Wildman–Crippen MR) is 78.1 cm³/mol. The lowest BCUT2D eigenvalue weighted by atomic mass is 10.0. The Kier molecular flexibility index (Phi) is 4.17. The van der Waals surface area contributed by atoms with E-state index in [-0.39, 0.29) is 11.8 Å². The number of halogens is 1. The number of amides is 1. The van der Waals surface area contributed by atoms with Crippen LogP contribution in [0.3, 0.4) is 0 Å². The molecular weight excluding hydrogens is 282 g/mol. The van der Waals surface area contributed by atoms with E-state index >= 15 is 0 Å². The maximum absolute atomic E-state index is 12.2. The number of thiazole rings is 1. The molecule has 0 spiro atoms. The number of nitrogens with one attached hydrogen (secondary N) is 1. The Balaban J connectivity index is 2.30. The Morgan fingerprint density at radius 1 is 1.37 bits per heavy atom. The summed E-state index contributed by atoms with van der Waals surface area (Å²) in [4.78, 5) is 20.6. The molecule has 0 saturated carbocycles. The van der Waals surface area contributed by atoms with Gasteiger partial charge in [0.2, 0.25) is 0 Å². The van der Waals surface area contributed by atoms with Crippen LogP contribution in [-0.2, 0) is 0 Å². The number of hydrogen-bond acceptors (Lipinski definition) is 4. The van der Waals surface area contributed by atoms with Crippen LogP contribution in [0.5, 0.6) is 0 Å². The lowest BCUT2D eigenvalue weighted by molar-refractivity contribution is 0.102. The van der Waals surface area contributed by atoms with Crippen LogP contribution >= 0.6 is 22.9 Å². The lowest BCUT2D eigenvalue weighted by Gasteiger charge is -2.11. The highest BCUT2D eigenvalue weighted by atomic mass is 35.5. The molecule has 4 nitrogen and oxygen atoms in total. The topological polar surface area (TPSA) is 54.9 Å². The van der Waals surface area contributed by atoms with Gasteiger partial charge in [0.05, 0.1) is 5.69 Å². The summed E-state index contributed by atoms with van der Waals surface area (Å²) in [5.74, 6) is -0.0795. The van der Waals surface area contributed by atoms with E-state index in [0.717, 1.165) is 11.3 Å². The lowest BCUT2D eigenvalue weighted by Crippen LogP contribution is -2.16. The maximum atomic E-state index is 12.2. The van der Waals surface area contributed by atoms with Crippen LogP contribution in [0.4, 0.5) is 5.13 Å². The van der Waals surface area contributed by atoms with E-state index in [1.165, 1.54) is 11.3 Å². The smallest absolute Gasteiger partial charge is 0.276 e. The molecule has 0 radical (unpaired) electrons. The van der Waals surface area contributed by atoms with Crippen LogP contribution in [0.1, 0.15) is 41.5 Å². The molecule has 6 heteroatoms. The van der Waals surface area contributed by atoms with Gasteiger partial charge < -0.3 is 0 Å². The quantitative estimate of drug-likeness (QED) is 0.874. The van der Waals surface area contributed by atoms with Crippen molar-refractivity contribution in [1.82, 2.24) is 9.97 Å². The van der Waals surface area contributed by atoms with E-state index in [9.17, 15) is 4.79 Å². The largest absolute Gasteiger partial charge is 0.296 e. The van der Waals surface area contributed by atoms with E-state index < -0.39 is 0 Å². The zero-order valence-electron chi connectivity index (χ0n) is 10.9. The van der Waals surface area contributed by atoms with Crippen molar-refractivity contribution in [2.24, 2.45) is 0 Å². The molecule has 100 valence electrons. The fraction of sp³-hybridized carbons (Fsp3) is 0.308. The van der Waals surface area contributed by atoms with Crippen molar-refractivity contribution in [1.29, 1.82) is 0 Å². The molecule has 0 aliphatic heterocycles. The van der Waals surface area contributed by atoms with Gasteiger partial charge in [-0.05, 0) is 24.5 Å². The standard InChI is InChI=1S/C13H14ClN3OS/c1-7(2)9-4-5-10(14)16-11(9)12(18)17-13-15-8(3)6-19-13/h4-7H,1-3H3,(H,15,17,18). The molecular formula is C13H14ClN3OS. The van der Waals surface area contributed by atoms with Crippen molar-refractivity contribution in [3.05, 3.63) is 39.6 Å². The molecule has 1 N–H and O–H groups in total. The van der Waals surface area contributed by atoms with Crippen molar-refractivity contribution >= 4 is 34.0 Å². The van der Waals surface area contributed by atoms with Gasteiger partial charge >= 0.3 is 0 Å². The molecule has 0 unspecified atom stereocenters. The van der Waals surface area contributed by atoms with Crippen molar-refractivity contribution in [2.45, 2.75) is 26.7 Å². The maximum Gasteiger partial charge on any atom is 0.276 e. The summed E-state index contributed by atoms with van der Waals surface area (Å²) in [6, 6.07) is 3.53. The number of hydrogen-bond donors (Lipinski definition) is 1. The van der Waals surface area contributed by atoms with Gasteiger partial charge in [-0.15, -0.1) is 11.3 Å². The second-order valence-electron chi connectivity index (χ2n) is 4.47. The molecule has 0 atom stereocenters. The van der Waals surface area contributed by atoms with Crippen molar-refractivity contribution in [2.75, 3.05) is 5.32 Å². The molecule has 2 heterocycles. The second-order valence-corrected chi connectivity index (χ2v) is 5.72. The zero-order valence-corrected chi connectivity index (χ0v) is 12.5. The van der Waals surface area contributed by atoms with Gasteiger partial charge in [0.25, 0.3) is 5.91 Å². The van der Waals surface area contributed by atoms with E-state index in [1.54, 1.807) is 6.07 Å². The number of rotatable bonds is 3. The minimum atomic E-state index is -0.277. The number of carbonyl (C=O) groups excluding carboxylic acids is 1. The molecule has 2 aromatic heterocycles. The summed E-state index contributed by atoms with van der Waals surface area (Å²) in [6.45, 7) is 5.90. The Morgan fingerprint density at radius 3 is 2.68 bits per heavy atom. The minimum Gasteiger partial charge on any atom is -0.296 e. The number of aromatic nitrogens is 2. The number of pyridine rings is 1. The second kappa shape index (κ2) is 5.67. The summed E-state index contributed by atoms with van der Waals surface area (Å²) in [5, 5.41) is 5.51. The fourth-order valence-corrected chi connectivity index (χ4v) is 2.49.